The van der Waals surface area contributed by atoms with E-state index >= 15 is 0 Å². The van der Waals surface area contributed by atoms with Gasteiger partial charge in [0.15, 0.2) is 23.1 Å². The van der Waals surface area contributed by atoms with Crippen molar-refractivity contribution in [3.63, 3.8) is 0 Å². The monoisotopic (exact) mass is 539 g/mol. The molecule has 1 aromatic heterocycles. The van der Waals surface area contributed by atoms with Gasteiger partial charge in [-0.15, -0.1) is 0 Å². The number of carbonyl (C=O) groups is 2. The number of rotatable bonds is 10. The highest BCUT2D eigenvalue weighted by Crippen LogP contribution is 2.38. The third-order valence-electron chi connectivity index (χ3n) is 5.93. The lowest BCUT2D eigenvalue weighted by Gasteiger charge is -2.17. The molecule has 0 fully saturated rings. The van der Waals surface area contributed by atoms with Gasteiger partial charge in [0.05, 0.1) is 19.2 Å². The van der Waals surface area contributed by atoms with Crippen LogP contribution < -0.4 is 14.8 Å². The fourth-order valence-electron chi connectivity index (χ4n) is 4.06. The van der Waals surface area contributed by atoms with Crippen LogP contribution in [-0.2, 0) is 14.3 Å². The van der Waals surface area contributed by atoms with Crippen LogP contribution in [0.4, 0.5) is 11.5 Å². The minimum Gasteiger partial charge on any atom is -0.493 e. The summed E-state index contributed by atoms with van der Waals surface area (Å²) in [5.41, 5.74) is 2.17. The van der Waals surface area contributed by atoms with E-state index in [4.69, 9.17) is 14.2 Å². The number of methoxy groups -OCH3 is 2. The van der Waals surface area contributed by atoms with Gasteiger partial charge in [-0.1, -0.05) is 30.0 Å². The number of carbonyl (C=O) groups excluding carboxylic acids is 2. The predicted octanol–water partition coefficient (Wildman–Crippen LogP) is 5.65. The van der Waals surface area contributed by atoms with Crippen molar-refractivity contribution in [1.82, 2.24) is 9.97 Å². The molecule has 4 aromatic rings. The Bertz CT molecular complexity index is 1600. The highest BCUT2D eigenvalue weighted by Gasteiger charge is 2.20. The van der Waals surface area contributed by atoms with Crippen molar-refractivity contribution in [2.24, 2.45) is 0 Å². The number of aromatic nitrogens is 2. The summed E-state index contributed by atoms with van der Waals surface area (Å²) in [4.78, 5) is 35.9. The van der Waals surface area contributed by atoms with Crippen molar-refractivity contribution in [2.45, 2.75) is 9.79 Å². The molecule has 196 valence electrons. The summed E-state index contributed by atoms with van der Waals surface area (Å²) in [6.45, 7) is 0.799. The predicted molar refractivity (Wildman–Crippen MR) is 151 cm³/mol. The average Bonchev–Trinajstić information content (AvgIpc) is 2.95. The maximum atomic E-state index is 12.8. The van der Waals surface area contributed by atoms with Crippen LogP contribution in [0, 0.1) is 0 Å². The number of ketones is 2. The summed E-state index contributed by atoms with van der Waals surface area (Å²) in [6, 6.07) is 19.3. The van der Waals surface area contributed by atoms with Gasteiger partial charge in [0, 0.05) is 45.2 Å². The van der Waals surface area contributed by atoms with Crippen LogP contribution in [0.3, 0.4) is 0 Å². The molecule has 0 atom stereocenters. The van der Waals surface area contributed by atoms with Gasteiger partial charge in [0.25, 0.3) is 0 Å². The first-order valence-corrected chi connectivity index (χ1v) is 12.9. The molecule has 0 amide bonds. The Kier molecular flexibility index (Phi) is 8.00. The number of anilines is 2. The SMILES string of the molecule is COCCOc1cc2ncnc(Nc3ccc(Sc4ccccc4)cc3C3=CC(=O)C=CC3=O)c2cc1OC. The lowest BCUT2D eigenvalue weighted by Crippen LogP contribution is -2.09. The number of nitrogens with zero attached hydrogens (tertiary/aromatic N) is 2. The van der Waals surface area contributed by atoms with Gasteiger partial charge >= 0.3 is 0 Å². The third-order valence-corrected chi connectivity index (χ3v) is 6.93. The standard InChI is InChI=1S/C30H25N3O5S/c1-36-12-13-38-29-17-26-24(16-28(29)37-2)30(32-18-31-26)33-25-10-9-21(39-20-6-4-3-5-7-20)15-22(25)23-14-19(34)8-11-27(23)35/h3-11,14-18H,12-13H2,1-2H3,(H,31,32,33). The molecule has 1 aliphatic rings. The van der Waals surface area contributed by atoms with E-state index in [0.717, 1.165) is 9.79 Å². The van der Waals surface area contributed by atoms with E-state index in [1.165, 1.54) is 24.6 Å². The Labute approximate surface area is 229 Å². The molecule has 1 aliphatic carbocycles. The van der Waals surface area contributed by atoms with Crippen molar-refractivity contribution < 1.29 is 23.8 Å². The zero-order chi connectivity index (χ0) is 27.2. The van der Waals surface area contributed by atoms with Crippen LogP contribution in [0.1, 0.15) is 5.56 Å². The average molecular weight is 540 g/mol. The maximum Gasteiger partial charge on any atom is 0.186 e. The first-order valence-electron chi connectivity index (χ1n) is 12.1. The van der Waals surface area contributed by atoms with E-state index in [9.17, 15) is 9.59 Å². The molecule has 0 spiro atoms. The molecular formula is C30H25N3O5S. The Morgan fingerprint density at radius 2 is 1.72 bits per heavy atom. The van der Waals surface area contributed by atoms with Crippen LogP contribution >= 0.6 is 11.8 Å². The van der Waals surface area contributed by atoms with Crippen LogP contribution in [-0.4, -0.2) is 49.0 Å². The number of hydrogen-bond donors (Lipinski definition) is 1. The summed E-state index contributed by atoms with van der Waals surface area (Å²) in [5.74, 6) is 1.09. The number of benzene rings is 3. The molecule has 3 aromatic carbocycles. The molecule has 1 heterocycles. The normalized spacial score (nSPS) is 12.9. The second-order valence-corrected chi connectivity index (χ2v) is 9.64. The van der Waals surface area contributed by atoms with Crippen molar-refractivity contribution in [1.29, 1.82) is 0 Å². The second kappa shape index (κ2) is 11.9. The largest absolute Gasteiger partial charge is 0.493 e. The van der Waals surface area contributed by atoms with E-state index in [2.05, 4.69) is 15.3 Å². The molecule has 0 saturated carbocycles. The van der Waals surface area contributed by atoms with Gasteiger partial charge < -0.3 is 19.5 Å². The summed E-state index contributed by atoms with van der Waals surface area (Å²) in [6.07, 6.45) is 5.39. The Morgan fingerprint density at radius 3 is 2.51 bits per heavy atom. The van der Waals surface area contributed by atoms with Crippen LogP contribution in [0.5, 0.6) is 11.5 Å². The topological polar surface area (TPSA) is 99.6 Å². The van der Waals surface area contributed by atoms with Crippen molar-refractivity contribution in [2.75, 3.05) is 32.8 Å². The summed E-state index contributed by atoms with van der Waals surface area (Å²) in [5, 5.41) is 4.05. The van der Waals surface area contributed by atoms with E-state index < -0.39 is 0 Å². The highest BCUT2D eigenvalue weighted by molar-refractivity contribution is 7.99. The number of allylic oxidation sites excluding steroid dienone is 4. The Balaban J connectivity index is 1.55. The lowest BCUT2D eigenvalue weighted by atomic mass is 9.95. The molecular weight excluding hydrogens is 514 g/mol. The molecule has 8 nitrogen and oxygen atoms in total. The highest BCUT2D eigenvalue weighted by atomic mass is 32.2. The minimum atomic E-state index is -0.244. The Hall–Kier alpha value is -4.47. The molecule has 9 heteroatoms. The molecule has 0 saturated heterocycles. The summed E-state index contributed by atoms with van der Waals surface area (Å²) < 4.78 is 16.4. The van der Waals surface area contributed by atoms with Gasteiger partial charge in [0.1, 0.15) is 18.8 Å². The van der Waals surface area contributed by atoms with E-state index in [1.54, 1.807) is 38.1 Å². The lowest BCUT2D eigenvalue weighted by molar-refractivity contribution is -0.113. The van der Waals surface area contributed by atoms with E-state index in [-0.39, 0.29) is 11.6 Å². The van der Waals surface area contributed by atoms with Gasteiger partial charge in [-0.2, -0.15) is 0 Å². The number of hydrogen-bond acceptors (Lipinski definition) is 9. The van der Waals surface area contributed by atoms with Crippen LogP contribution in [0.15, 0.2) is 95.0 Å². The van der Waals surface area contributed by atoms with Gasteiger partial charge in [-0.3, -0.25) is 9.59 Å². The number of nitrogens with one attached hydrogen (secondary N) is 1. The summed E-state index contributed by atoms with van der Waals surface area (Å²) in [7, 11) is 3.17. The van der Waals surface area contributed by atoms with Crippen molar-refractivity contribution >= 4 is 51.3 Å². The smallest absolute Gasteiger partial charge is 0.186 e. The minimum absolute atomic E-state index is 0.241. The molecule has 0 unspecified atom stereocenters. The first-order chi connectivity index (χ1) is 19.1. The maximum absolute atomic E-state index is 12.8. The third kappa shape index (κ3) is 6.00. The first kappa shape index (κ1) is 26.1. The fourth-order valence-corrected chi connectivity index (χ4v) is 4.94. The van der Waals surface area contributed by atoms with Crippen molar-refractivity contribution in [3.8, 4) is 11.5 Å². The van der Waals surface area contributed by atoms with Gasteiger partial charge in [0.2, 0.25) is 0 Å². The fraction of sp³-hybridized carbons (Fsp3) is 0.133. The van der Waals surface area contributed by atoms with Crippen LogP contribution in [0.25, 0.3) is 16.5 Å². The van der Waals surface area contributed by atoms with E-state index in [1.807, 2.05) is 48.5 Å². The molecule has 0 bridgehead atoms. The number of fused-ring (bicyclic) bond motifs is 1. The zero-order valence-electron chi connectivity index (χ0n) is 21.3. The van der Waals surface area contributed by atoms with E-state index in [0.29, 0.717) is 58.3 Å². The quantitative estimate of drug-likeness (QED) is 0.202. The molecule has 5 rings (SSSR count). The summed E-state index contributed by atoms with van der Waals surface area (Å²) >= 11 is 1.57. The van der Waals surface area contributed by atoms with Gasteiger partial charge in [-0.25, -0.2) is 9.97 Å². The second-order valence-electron chi connectivity index (χ2n) is 8.49. The molecule has 1 N–H and O–H groups in total. The number of ether oxygens (including phenoxy) is 3. The molecule has 0 radical (unpaired) electrons. The van der Waals surface area contributed by atoms with Gasteiger partial charge in [-0.05, 0) is 54.6 Å². The molecule has 0 aliphatic heterocycles. The Morgan fingerprint density at radius 1 is 0.872 bits per heavy atom. The van der Waals surface area contributed by atoms with Crippen LogP contribution in [0.2, 0.25) is 0 Å². The van der Waals surface area contributed by atoms with Crippen molar-refractivity contribution in [3.05, 3.63) is 90.8 Å². The molecule has 39 heavy (non-hydrogen) atoms. The zero-order valence-corrected chi connectivity index (χ0v) is 22.2.